The van der Waals surface area contributed by atoms with Gasteiger partial charge < -0.3 is 14.6 Å². The van der Waals surface area contributed by atoms with E-state index in [1.165, 1.54) is 6.20 Å². The third-order valence-corrected chi connectivity index (χ3v) is 5.96. The fourth-order valence-electron chi connectivity index (χ4n) is 3.11. The Balaban J connectivity index is 1.93. The van der Waals surface area contributed by atoms with E-state index < -0.39 is 10.0 Å². The summed E-state index contributed by atoms with van der Waals surface area (Å²) in [4.78, 5) is 9.23. The second-order valence-electron chi connectivity index (χ2n) is 5.90. The smallest absolute Gasteiger partial charge is 0.260 e. The number of aryl methyl sites for hydroxylation is 1. The summed E-state index contributed by atoms with van der Waals surface area (Å²) in [6, 6.07) is -0.138. The molecule has 0 saturated carbocycles. The summed E-state index contributed by atoms with van der Waals surface area (Å²) in [5.41, 5.74) is 0. The Morgan fingerprint density at radius 1 is 1.38 bits per heavy atom. The molecule has 2 atom stereocenters. The Labute approximate surface area is 125 Å². The summed E-state index contributed by atoms with van der Waals surface area (Å²) in [6.45, 7) is 5.09. The molecule has 2 aliphatic heterocycles. The highest BCUT2D eigenvalue weighted by atomic mass is 32.2. The van der Waals surface area contributed by atoms with Gasteiger partial charge >= 0.3 is 0 Å². The van der Waals surface area contributed by atoms with E-state index >= 15 is 0 Å². The molecule has 1 N–H and O–H groups in total. The molecular formula is C13H22N4O3S. The van der Waals surface area contributed by atoms with Gasteiger partial charge in [0.15, 0.2) is 5.03 Å². The molecule has 0 aromatic carbocycles. The maximum absolute atomic E-state index is 12.9. The van der Waals surface area contributed by atoms with Crippen LogP contribution in [0, 0.1) is 5.92 Å². The Hall–Kier alpha value is -0.960. The Morgan fingerprint density at radius 2 is 2.19 bits per heavy atom. The molecule has 2 bridgehead atoms. The standard InChI is InChI=1S/C13H22N4O3S/c1-3-12-14-4-13(15-12)21(18,19)17-6-10-5-16(2)7-11(17)9-20-8-10/h4,10-11H,3,5-9H2,1-2H3,(H,14,15)/t10-,11-/m0/s1. The molecule has 0 unspecified atom stereocenters. The Bertz CT molecular complexity index is 600. The van der Waals surface area contributed by atoms with Crippen LogP contribution in [0.3, 0.4) is 0 Å². The molecule has 1 aromatic rings. The van der Waals surface area contributed by atoms with Crippen LogP contribution in [0.1, 0.15) is 12.7 Å². The molecule has 3 rings (SSSR count). The lowest BCUT2D eigenvalue weighted by Gasteiger charge is -2.28. The highest BCUT2D eigenvalue weighted by molar-refractivity contribution is 7.89. The molecule has 2 fully saturated rings. The number of imidazole rings is 1. The zero-order valence-corrected chi connectivity index (χ0v) is 13.3. The maximum Gasteiger partial charge on any atom is 0.260 e. The summed E-state index contributed by atoms with van der Waals surface area (Å²) < 4.78 is 33.0. The van der Waals surface area contributed by atoms with Crippen molar-refractivity contribution in [2.24, 2.45) is 5.92 Å². The van der Waals surface area contributed by atoms with Crippen LogP contribution in [-0.2, 0) is 21.2 Å². The molecule has 0 radical (unpaired) electrons. The fraction of sp³-hybridized carbons (Fsp3) is 0.769. The third kappa shape index (κ3) is 2.85. The minimum atomic E-state index is -3.54. The second-order valence-corrected chi connectivity index (χ2v) is 7.76. The number of fused-ring (bicyclic) bond motifs is 3. The summed E-state index contributed by atoms with van der Waals surface area (Å²) >= 11 is 0. The number of nitrogens with one attached hydrogen (secondary N) is 1. The molecule has 3 heterocycles. The van der Waals surface area contributed by atoms with Crippen LogP contribution < -0.4 is 0 Å². The van der Waals surface area contributed by atoms with Crippen LogP contribution in [0.2, 0.25) is 0 Å². The normalized spacial score (nSPS) is 28.5. The van der Waals surface area contributed by atoms with Gasteiger partial charge in [-0.3, -0.25) is 0 Å². The summed E-state index contributed by atoms with van der Waals surface area (Å²) in [7, 11) is -1.51. The molecule has 118 valence electrons. The third-order valence-electron chi connectivity index (χ3n) is 4.13. The summed E-state index contributed by atoms with van der Waals surface area (Å²) in [5, 5.41) is 0.189. The van der Waals surface area contributed by atoms with Crippen molar-refractivity contribution in [2.45, 2.75) is 24.4 Å². The Kier molecular flexibility index (Phi) is 4.04. The molecule has 2 aliphatic rings. The van der Waals surface area contributed by atoms with Crippen molar-refractivity contribution in [1.29, 1.82) is 0 Å². The van der Waals surface area contributed by atoms with Gasteiger partial charge in [0.05, 0.1) is 25.5 Å². The number of nitrogens with zero attached hydrogens (tertiary/aromatic N) is 3. The number of hydrogen-bond acceptors (Lipinski definition) is 5. The first kappa shape index (κ1) is 15.0. The monoisotopic (exact) mass is 314 g/mol. The van der Waals surface area contributed by atoms with Crippen LogP contribution in [-0.4, -0.2) is 73.5 Å². The molecule has 8 heteroatoms. The van der Waals surface area contributed by atoms with Crippen LogP contribution in [0.4, 0.5) is 0 Å². The van der Waals surface area contributed by atoms with Crippen molar-refractivity contribution in [3.8, 4) is 0 Å². The molecule has 0 aliphatic carbocycles. The van der Waals surface area contributed by atoms with Crippen LogP contribution >= 0.6 is 0 Å². The quantitative estimate of drug-likeness (QED) is 0.844. The van der Waals surface area contributed by atoms with Gasteiger partial charge in [-0.15, -0.1) is 0 Å². The molecule has 1 aromatic heterocycles. The molecular weight excluding hydrogens is 292 g/mol. The van der Waals surface area contributed by atoms with E-state index in [2.05, 4.69) is 14.9 Å². The number of sulfonamides is 1. The van der Waals surface area contributed by atoms with E-state index in [-0.39, 0.29) is 17.0 Å². The van der Waals surface area contributed by atoms with E-state index in [9.17, 15) is 8.42 Å². The van der Waals surface area contributed by atoms with E-state index in [1.54, 1.807) is 4.31 Å². The fourth-order valence-corrected chi connectivity index (χ4v) is 4.73. The number of ether oxygens (including phenoxy) is 1. The molecule has 7 nitrogen and oxygen atoms in total. The first-order valence-electron chi connectivity index (χ1n) is 7.32. The largest absolute Gasteiger partial charge is 0.379 e. The van der Waals surface area contributed by atoms with Crippen molar-refractivity contribution in [3.05, 3.63) is 12.0 Å². The lowest BCUT2D eigenvalue weighted by atomic mass is 10.1. The highest BCUT2D eigenvalue weighted by Crippen LogP contribution is 2.25. The van der Waals surface area contributed by atoms with Gasteiger partial charge in [0.25, 0.3) is 10.0 Å². The minimum absolute atomic E-state index is 0.138. The van der Waals surface area contributed by atoms with Gasteiger partial charge in [-0.1, -0.05) is 6.92 Å². The molecule has 2 saturated heterocycles. The Morgan fingerprint density at radius 3 is 2.90 bits per heavy atom. The van der Waals surface area contributed by atoms with Crippen molar-refractivity contribution in [1.82, 2.24) is 19.2 Å². The van der Waals surface area contributed by atoms with Gasteiger partial charge in [-0.2, -0.15) is 4.31 Å². The van der Waals surface area contributed by atoms with E-state index in [1.807, 2.05) is 14.0 Å². The van der Waals surface area contributed by atoms with Crippen LogP contribution in [0.25, 0.3) is 0 Å². The number of aromatic amines is 1. The average molecular weight is 314 g/mol. The minimum Gasteiger partial charge on any atom is -0.379 e. The second kappa shape index (κ2) is 5.68. The van der Waals surface area contributed by atoms with Gasteiger partial charge in [-0.05, 0) is 7.05 Å². The van der Waals surface area contributed by atoms with Crippen LogP contribution in [0.15, 0.2) is 11.2 Å². The van der Waals surface area contributed by atoms with Gasteiger partial charge in [0, 0.05) is 32.0 Å². The van der Waals surface area contributed by atoms with Gasteiger partial charge in [-0.25, -0.2) is 13.4 Å². The SMILES string of the molecule is CCc1ncc(S(=O)(=O)N2C[C@H]3COC[C@@H]2CN(C)C3)[nH]1. The van der Waals surface area contributed by atoms with Crippen LogP contribution in [0.5, 0.6) is 0 Å². The molecule has 0 amide bonds. The first-order chi connectivity index (χ1) is 10.0. The van der Waals surface area contributed by atoms with Gasteiger partial charge in [0.1, 0.15) is 5.82 Å². The summed E-state index contributed by atoms with van der Waals surface area (Å²) in [6.07, 6.45) is 2.11. The van der Waals surface area contributed by atoms with E-state index in [0.29, 0.717) is 38.5 Å². The maximum atomic E-state index is 12.9. The first-order valence-corrected chi connectivity index (χ1v) is 8.76. The highest BCUT2D eigenvalue weighted by Gasteiger charge is 2.39. The molecule has 21 heavy (non-hydrogen) atoms. The van der Waals surface area contributed by atoms with Crippen molar-refractivity contribution in [3.63, 3.8) is 0 Å². The number of aromatic nitrogens is 2. The van der Waals surface area contributed by atoms with E-state index in [4.69, 9.17) is 4.74 Å². The number of rotatable bonds is 3. The molecule has 0 spiro atoms. The summed E-state index contributed by atoms with van der Waals surface area (Å²) in [5.74, 6) is 0.908. The van der Waals surface area contributed by atoms with Crippen molar-refractivity contribution < 1.29 is 13.2 Å². The van der Waals surface area contributed by atoms with Crippen molar-refractivity contribution in [2.75, 3.05) is 39.9 Å². The predicted octanol–water partition coefficient (Wildman–Crippen LogP) is -0.0768. The number of H-pyrrole nitrogens is 1. The topological polar surface area (TPSA) is 78.5 Å². The zero-order chi connectivity index (χ0) is 15.0. The van der Waals surface area contributed by atoms with Crippen molar-refractivity contribution >= 4 is 10.0 Å². The lowest BCUT2D eigenvalue weighted by Crippen LogP contribution is -2.45. The number of hydrogen-bond donors (Lipinski definition) is 1. The lowest BCUT2D eigenvalue weighted by molar-refractivity contribution is 0.0659. The van der Waals surface area contributed by atoms with Gasteiger partial charge in [0.2, 0.25) is 0 Å². The predicted molar refractivity (Wildman–Crippen MR) is 77.5 cm³/mol. The van der Waals surface area contributed by atoms with E-state index in [0.717, 1.165) is 6.54 Å². The average Bonchev–Trinajstić information content (AvgIpc) is 2.75. The zero-order valence-electron chi connectivity index (χ0n) is 12.4. The number of likely N-dealkylation sites (N-methyl/N-ethyl adjacent to an activating group) is 1.